The molecule has 1 saturated heterocycles. The molecule has 0 unspecified atom stereocenters. The third kappa shape index (κ3) is 3.08. The maximum Gasteiger partial charge on any atom is 0.270 e. The molecular weight excluding hydrogens is 302 g/mol. The minimum absolute atomic E-state index is 0.121. The highest BCUT2D eigenvalue weighted by atomic mass is 16.6. The summed E-state index contributed by atoms with van der Waals surface area (Å²) in [6, 6.07) is 3.79. The van der Waals surface area contributed by atoms with Crippen molar-refractivity contribution in [3.8, 4) is 0 Å². The Hall–Kier alpha value is -2.32. The van der Waals surface area contributed by atoms with Crippen LogP contribution in [0.1, 0.15) is 27.1 Å². The Balaban J connectivity index is 1.64. The number of imide groups is 1. The second-order valence-corrected chi connectivity index (χ2v) is 5.56. The van der Waals surface area contributed by atoms with Gasteiger partial charge in [0.25, 0.3) is 17.5 Å². The lowest BCUT2D eigenvalue weighted by atomic mass is 10.1. The molecule has 3 rings (SSSR count). The SMILES string of the molecule is O=C1c2ccc([N+](=O)[O-])cc2C(=O)N1CCCN1CCOCC1. The number of amides is 2. The molecule has 1 fully saturated rings. The van der Waals surface area contributed by atoms with Crippen molar-refractivity contribution in [2.45, 2.75) is 6.42 Å². The number of fused-ring (bicyclic) bond motifs is 1. The van der Waals surface area contributed by atoms with E-state index >= 15 is 0 Å². The molecule has 0 spiro atoms. The zero-order chi connectivity index (χ0) is 16.4. The number of hydrogen-bond acceptors (Lipinski definition) is 6. The first kappa shape index (κ1) is 15.6. The minimum atomic E-state index is -0.570. The van der Waals surface area contributed by atoms with Crippen LogP contribution in [0.25, 0.3) is 0 Å². The van der Waals surface area contributed by atoms with Gasteiger partial charge in [-0.15, -0.1) is 0 Å². The van der Waals surface area contributed by atoms with E-state index in [-0.39, 0.29) is 22.7 Å². The molecule has 2 aliphatic heterocycles. The van der Waals surface area contributed by atoms with Crippen LogP contribution in [0.2, 0.25) is 0 Å². The average Bonchev–Trinajstić information content (AvgIpc) is 2.80. The quantitative estimate of drug-likeness (QED) is 0.455. The monoisotopic (exact) mass is 319 g/mol. The van der Waals surface area contributed by atoms with E-state index < -0.39 is 10.8 Å². The van der Waals surface area contributed by atoms with E-state index in [2.05, 4.69) is 4.90 Å². The van der Waals surface area contributed by atoms with E-state index in [9.17, 15) is 19.7 Å². The molecule has 0 bridgehead atoms. The van der Waals surface area contributed by atoms with Crippen LogP contribution < -0.4 is 0 Å². The van der Waals surface area contributed by atoms with Crippen molar-refractivity contribution in [2.75, 3.05) is 39.4 Å². The predicted molar refractivity (Wildman–Crippen MR) is 80.3 cm³/mol. The fraction of sp³-hybridized carbons (Fsp3) is 0.467. The number of benzene rings is 1. The van der Waals surface area contributed by atoms with Gasteiger partial charge in [-0.2, -0.15) is 0 Å². The van der Waals surface area contributed by atoms with Crippen LogP contribution in [-0.2, 0) is 4.74 Å². The molecule has 1 aromatic rings. The summed E-state index contributed by atoms with van der Waals surface area (Å²) in [5.74, 6) is -0.822. The van der Waals surface area contributed by atoms with Gasteiger partial charge in [-0.05, 0) is 12.5 Å². The number of non-ortho nitro benzene ring substituents is 1. The van der Waals surface area contributed by atoms with Crippen molar-refractivity contribution in [1.82, 2.24) is 9.80 Å². The smallest absolute Gasteiger partial charge is 0.270 e. The van der Waals surface area contributed by atoms with Crippen LogP contribution in [0.5, 0.6) is 0 Å². The third-order valence-corrected chi connectivity index (χ3v) is 4.12. The highest BCUT2D eigenvalue weighted by Gasteiger charge is 2.36. The first-order valence-electron chi connectivity index (χ1n) is 7.52. The normalized spacial score (nSPS) is 18.3. The number of ether oxygens (including phenoxy) is 1. The molecule has 2 amide bonds. The molecular formula is C15H17N3O5. The summed E-state index contributed by atoms with van der Waals surface area (Å²) in [4.78, 5) is 38.2. The second kappa shape index (κ2) is 6.43. The molecule has 8 nitrogen and oxygen atoms in total. The highest BCUT2D eigenvalue weighted by molar-refractivity contribution is 6.21. The highest BCUT2D eigenvalue weighted by Crippen LogP contribution is 2.26. The molecule has 0 aliphatic carbocycles. The number of nitro groups is 1. The Morgan fingerprint density at radius 1 is 1.09 bits per heavy atom. The molecule has 2 aliphatic rings. The Morgan fingerprint density at radius 3 is 2.48 bits per heavy atom. The van der Waals surface area contributed by atoms with E-state index in [4.69, 9.17) is 4.74 Å². The largest absolute Gasteiger partial charge is 0.379 e. The van der Waals surface area contributed by atoms with Crippen molar-refractivity contribution in [3.63, 3.8) is 0 Å². The number of nitrogens with zero attached hydrogens (tertiary/aromatic N) is 3. The van der Waals surface area contributed by atoms with Gasteiger partial charge in [0.05, 0.1) is 29.3 Å². The Kier molecular flexibility index (Phi) is 4.35. The average molecular weight is 319 g/mol. The zero-order valence-corrected chi connectivity index (χ0v) is 12.6. The number of hydrogen-bond donors (Lipinski definition) is 0. The van der Waals surface area contributed by atoms with E-state index in [0.29, 0.717) is 26.2 Å². The lowest BCUT2D eigenvalue weighted by Gasteiger charge is -2.27. The molecule has 1 aromatic carbocycles. The Labute approximate surface area is 132 Å². The molecule has 0 saturated carbocycles. The first-order valence-corrected chi connectivity index (χ1v) is 7.52. The van der Waals surface area contributed by atoms with Crippen molar-refractivity contribution in [3.05, 3.63) is 39.4 Å². The summed E-state index contributed by atoms with van der Waals surface area (Å²) >= 11 is 0. The van der Waals surface area contributed by atoms with Crippen molar-refractivity contribution in [1.29, 1.82) is 0 Å². The fourth-order valence-corrected chi connectivity index (χ4v) is 2.87. The summed E-state index contributed by atoms with van der Waals surface area (Å²) in [5, 5.41) is 10.8. The van der Waals surface area contributed by atoms with Crippen LogP contribution in [0.15, 0.2) is 18.2 Å². The number of carbonyl (C=O) groups excluding carboxylic acids is 2. The molecule has 122 valence electrons. The molecule has 0 radical (unpaired) electrons. The van der Waals surface area contributed by atoms with Gasteiger partial charge in [0.15, 0.2) is 0 Å². The van der Waals surface area contributed by atoms with Gasteiger partial charge >= 0.3 is 0 Å². The molecule has 0 atom stereocenters. The van der Waals surface area contributed by atoms with Gasteiger partial charge < -0.3 is 4.74 Å². The zero-order valence-electron chi connectivity index (χ0n) is 12.6. The molecule has 0 N–H and O–H groups in total. The maximum atomic E-state index is 12.3. The number of nitro benzene ring substituents is 1. The standard InChI is InChI=1S/C15H17N3O5/c19-14-12-3-2-11(18(21)22)10-13(12)15(20)17(14)5-1-4-16-6-8-23-9-7-16/h2-3,10H,1,4-9H2. The molecule has 2 heterocycles. The van der Waals surface area contributed by atoms with Crippen LogP contribution >= 0.6 is 0 Å². The number of rotatable bonds is 5. The topological polar surface area (TPSA) is 93.0 Å². The minimum Gasteiger partial charge on any atom is -0.379 e. The Morgan fingerprint density at radius 2 is 1.78 bits per heavy atom. The van der Waals surface area contributed by atoms with E-state index in [1.54, 1.807) is 0 Å². The Bertz CT molecular complexity index is 655. The van der Waals surface area contributed by atoms with Gasteiger partial charge in [0.2, 0.25) is 0 Å². The van der Waals surface area contributed by atoms with Crippen LogP contribution in [-0.4, -0.2) is 65.9 Å². The lowest BCUT2D eigenvalue weighted by molar-refractivity contribution is -0.384. The van der Waals surface area contributed by atoms with E-state index in [1.165, 1.54) is 23.1 Å². The molecule has 8 heteroatoms. The lowest BCUT2D eigenvalue weighted by Crippen LogP contribution is -2.39. The molecule has 23 heavy (non-hydrogen) atoms. The summed E-state index contributed by atoms with van der Waals surface area (Å²) < 4.78 is 5.27. The van der Waals surface area contributed by atoms with Gasteiger partial charge in [0.1, 0.15) is 0 Å². The van der Waals surface area contributed by atoms with Crippen molar-refractivity contribution >= 4 is 17.5 Å². The predicted octanol–water partition coefficient (Wildman–Crippen LogP) is 0.913. The summed E-state index contributed by atoms with van der Waals surface area (Å²) in [7, 11) is 0. The maximum absolute atomic E-state index is 12.3. The van der Waals surface area contributed by atoms with Crippen LogP contribution in [0.4, 0.5) is 5.69 Å². The summed E-state index contributed by atoms with van der Waals surface area (Å²) in [6.07, 6.45) is 0.674. The van der Waals surface area contributed by atoms with Gasteiger partial charge in [-0.3, -0.25) is 29.5 Å². The van der Waals surface area contributed by atoms with E-state index in [0.717, 1.165) is 19.6 Å². The van der Waals surface area contributed by atoms with Gasteiger partial charge in [-0.1, -0.05) is 0 Å². The second-order valence-electron chi connectivity index (χ2n) is 5.56. The first-order chi connectivity index (χ1) is 11.1. The summed E-state index contributed by atoms with van der Waals surface area (Å²) in [5.41, 5.74) is 0.183. The fourth-order valence-electron chi connectivity index (χ4n) is 2.87. The van der Waals surface area contributed by atoms with Gasteiger partial charge in [0, 0.05) is 38.3 Å². The third-order valence-electron chi connectivity index (χ3n) is 4.12. The number of carbonyl (C=O) groups is 2. The van der Waals surface area contributed by atoms with Crippen molar-refractivity contribution < 1.29 is 19.2 Å². The number of morpholine rings is 1. The van der Waals surface area contributed by atoms with Crippen LogP contribution in [0.3, 0.4) is 0 Å². The van der Waals surface area contributed by atoms with Gasteiger partial charge in [-0.25, -0.2) is 0 Å². The summed E-state index contributed by atoms with van der Waals surface area (Å²) in [6.45, 7) is 4.23. The van der Waals surface area contributed by atoms with Crippen molar-refractivity contribution in [2.24, 2.45) is 0 Å². The molecule has 0 aromatic heterocycles. The van der Waals surface area contributed by atoms with Crippen LogP contribution in [0, 0.1) is 10.1 Å². The van der Waals surface area contributed by atoms with E-state index in [1.807, 2.05) is 0 Å².